The number of rotatable bonds is 5. The van der Waals surface area contributed by atoms with Crippen molar-refractivity contribution in [3.05, 3.63) is 29.8 Å². The van der Waals surface area contributed by atoms with Gasteiger partial charge in [-0.15, -0.1) is 0 Å². The van der Waals surface area contributed by atoms with Gasteiger partial charge in [-0.25, -0.2) is 0 Å². The molecule has 0 saturated carbocycles. The normalized spacial score (nSPS) is 18.2. The molecule has 112 valence electrons. The zero-order chi connectivity index (χ0) is 14.6. The van der Waals surface area contributed by atoms with Gasteiger partial charge in [0, 0.05) is 18.8 Å². The number of halogens is 3. The Morgan fingerprint density at radius 2 is 1.75 bits per heavy atom. The Morgan fingerprint density at radius 1 is 1.15 bits per heavy atom. The zero-order valence-electron chi connectivity index (χ0n) is 11.2. The van der Waals surface area contributed by atoms with Gasteiger partial charge in [0.25, 0.3) is 0 Å². The van der Waals surface area contributed by atoms with Crippen LogP contribution in [0.2, 0.25) is 0 Å². The summed E-state index contributed by atoms with van der Waals surface area (Å²) < 4.78 is 37.2. The highest BCUT2D eigenvalue weighted by Gasteiger charge is 2.29. The second-order valence-electron chi connectivity index (χ2n) is 5.12. The van der Waals surface area contributed by atoms with Crippen LogP contribution in [0.15, 0.2) is 24.3 Å². The molecular weight excluding hydrogens is 269 g/mol. The molecule has 0 radical (unpaired) electrons. The molecule has 2 N–H and O–H groups in total. The Bertz CT molecular complexity index is 413. The van der Waals surface area contributed by atoms with Crippen LogP contribution in [0.4, 0.5) is 18.9 Å². The summed E-state index contributed by atoms with van der Waals surface area (Å²) in [5, 5.41) is 12.8. The van der Waals surface area contributed by atoms with E-state index in [9.17, 15) is 18.3 Å². The molecule has 1 unspecified atom stereocenters. The lowest BCUT2D eigenvalue weighted by Gasteiger charge is -2.20. The third-order valence-corrected chi connectivity index (χ3v) is 3.42. The maximum atomic E-state index is 12.4. The van der Waals surface area contributed by atoms with E-state index in [1.807, 2.05) is 0 Å². The molecule has 1 saturated heterocycles. The summed E-state index contributed by atoms with van der Waals surface area (Å²) >= 11 is 0. The number of nitrogens with zero attached hydrogens (tertiary/aromatic N) is 1. The van der Waals surface area contributed by atoms with Crippen LogP contribution in [0.5, 0.6) is 0 Å². The van der Waals surface area contributed by atoms with E-state index in [1.165, 1.54) is 25.0 Å². The van der Waals surface area contributed by atoms with Crippen molar-refractivity contribution in [1.29, 1.82) is 0 Å². The molecule has 2 rings (SSSR count). The summed E-state index contributed by atoms with van der Waals surface area (Å²) in [4.78, 5) is 2.19. The molecule has 1 aromatic carbocycles. The van der Waals surface area contributed by atoms with Crippen molar-refractivity contribution in [3.8, 4) is 0 Å². The van der Waals surface area contributed by atoms with E-state index in [-0.39, 0.29) is 0 Å². The first-order chi connectivity index (χ1) is 9.45. The minimum absolute atomic E-state index is 0.335. The van der Waals surface area contributed by atoms with Crippen molar-refractivity contribution >= 4 is 5.69 Å². The maximum absolute atomic E-state index is 12.4. The van der Waals surface area contributed by atoms with Gasteiger partial charge in [-0.05, 0) is 50.2 Å². The average Bonchev–Trinajstić information content (AvgIpc) is 2.88. The van der Waals surface area contributed by atoms with Gasteiger partial charge in [0.1, 0.15) is 0 Å². The number of β-amino-alcohol motifs (C(OH)–C–C–N with tert-alkyl or cyclic N) is 1. The average molecular weight is 288 g/mol. The third-order valence-electron chi connectivity index (χ3n) is 3.42. The Kier molecular flexibility index (Phi) is 4.88. The van der Waals surface area contributed by atoms with E-state index >= 15 is 0 Å². The van der Waals surface area contributed by atoms with Gasteiger partial charge in [0.15, 0.2) is 0 Å². The van der Waals surface area contributed by atoms with E-state index in [4.69, 9.17) is 0 Å². The summed E-state index contributed by atoms with van der Waals surface area (Å²) in [7, 11) is 0. The molecule has 1 heterocycles. The van der Waals surface area contributed by atoms with Crippen LogP contribution < -0.4 is 5.32 Å². The van der Waals surface area contributed by atoms with Crippen LogP contribution in [-0.4, -0.2) is 42.3 Å². The quantitative estimate of drug-likeness (QED) is 0.874. The van der Waals surface area contributed by atoms with Gasteiger partial charge in [-0.1, -0.05) is 0 Å². The fourth-order valence-electron chi connectivity index (χ4n) is 2.34. The summed E-state index contributed by atoms with van der Waals surface area (Å²) in [6, 6.07) is 4.83. The molecule has 1 aromatic rings. The molecule has 1 fully saturated rings. The van der Waals surface area contributed by atoms with Crippen LogP contribution in [0, 0.1) is 0 Å². The lowest BCUT2D eigenvalue weighted by atomic mass is 10.2. The molecule has 0 amide bonds. The summed E-state index contributed by atoms with van der Waals surface area (Å²) in [5.74, 6) is 0. The molecule has 1 aliphatic heterocycles. The fraction of sp³-hybridized carbons (Fsp3) is 0.571. The van der Waals surface area contributed by atoms with E-state index in [1.54, 1.807) is 0 Å². The SMILES string of the molecule is OC(CNc1ccc(C(F)(F)F)cc1)CN1CCCC1. The minimum Gasteiger partial charge on any atom is -0.390 e. The van der Waals surface area contributed by atoms with Gasteiger partial charge >= 0.3 is 6.18 Å². The number of hydrogen-bond donors (Lipinski definition) is 2. The van der Waals surface area contributed by atoms with Gasteiger partial charge in [0.2, 0.25) is 0 Å². The highest BCUT2D eigenvalue weighted by molar-refractivity contribution is 5.45. The maximum Gasteiger partial charge on any atom is 0.416 e. The molecular formula is C14H19F3N2O. The van der Waals surface area contributed by atoms with Crippen molar-refractivity contribution in [2.75, 3.05) is 31.5 Å². The zero-order valence-corrected chi connectivity index (χ0v) is 11.2. The van der Waals surface area contributed by atoms with Crippen LogP contribution in [-0.2, 0) is 6.18 Å². The monoisotopic (exact) mass is 288 g/mol. The van der Waals surface area contributed by atoms with Crippen molar-refractivity contribution in [3.63, 3.8) is 0 Å². The predicted octanol–water partition coefficient (Wildman–Crippen LogP) is 2.57. The van der Waals surface area contributed by atoms with Crippen molar-refractivity contribution < 1.29 is 18.3 Å². The number of nitrogens with one attached hydrogen (secondary N) is 1. The molecule has 20 heavy (non-hydrogen) atoms. The number of hydrogen-bond acceptors (Lipinski definition) is 3. The lowest BCUT2D eigenvalue weighted by molar-refractivity contribution is -0.137. The van der Waals surface area contributed by atoms with Gasteiger partial charge in [-0.2, -0.15) is 13.2 Å². The van der Waals surface area contributed by atoms with E-state index in [0.29, 0.717) is 18.8 Å². The molecule has 6 heteroatoms. The van der Waals surface area contributed by atoms with Crippen LogP contribution in [0.3, 0.4) is 0 Å². The number of aliphatic hydroxyl groups is 1. The number of anilines is 1. The number of alkyl halides is 3. The number of benzene rings is 1. The second-order valence-corrected chi connectivity index (χ2v) is 5.12. The van der Waals surface area contributed by atoms with Crippen molar-refractivity contribution in [2.24, 2.45) is 0 Å². The molecule has 0 bridgehead atoms. The minimum atomic E-state index is -4.31. The highest BCUT2D eigenvalue weighted by Crippen LogP contribution is 2.29. The Hall–Kier alpha value is -1.27. The fourth-order valence-corrected chi connectivity index (χ4v) is 2.34. The first-order valence-corrected chi connectivity index (χ1v) is 6.77. The molecule has 1 atom stereocenters. The predicted molar refractivity (Wildman–Crippen MR) is 71.6 cm³/mol. The smallest absolute Gasteiger partial charge is 0.390 e. The standard InChI is InChI=1S/C14H19F3N2O/c15-14(16,17)11-3-5-12(6-4-11)18-9-13(20)10-19-7-1-2-8-19/h3-6,13,18,20H,1-2,7-10H2. The largest absolute Gasteiger partial charge is 0.416 e. The lowest BCUT2D eigenvalue weighted by Crippen LogP contribution is -2.34. The highest BCUT2D eigenvalue weighted by atomic mass is 19.4. The van der Waals surface area contributed by atoms with Gasteiger partial charge in [0.05, 0.1) is 11.7 Å². The van der Waals surface area contributed by atoms with Crippen LogP contribution in [0.25, 0.3) is 0 Å². The molecule has 0 aliphatic carbocycles. The first kappa shape index (κ1) is 15.1. The molecule has 1 aliphatic rings. The van der Waals surface area contributed by atoms with E-state index in [0.717, 1.165) is 25.2 Å². The van der Waals surface area contributed by atoms with Crippen molar-refractivity contribution in [1.82, 2.24) is 4.90 Å². The Balaban J connectivity index is 1.78. The van der Waals surface area contributed by atoms with E-state index < -0.39 is 17.8 Å². The Morgan fingerprint density at radius 3 is 2.30 bits per heavy atom. The van der Waals surface area contributed by atoms with Crippen molar-refractivity contribution in [2.45, 2.75) is 25.1 Å². The second kappa shape index (κ2) is 6.45. The number of aliphatic hydroxyl groups excluding tert-OH is 1. The Labute approximate surface area is 116 Å². The van der Waals surface area contributed by atoms with Gasteiger partial charge < -0.3 is 15.3 Å². The topological polar surface area (TPSA) is 35.5 Å². The molecule has 0 spiro atoms. The molecule has 3 nitrogen and oxygen atoms in total. The van der Waals surface area contributed by atoms with E-state index in [2.05, 4.69) is 10.2 Å². The van der Waals surface area contributed by atoms with Crippen LogP contribution >= 0.6 is 0 Å². The number of likely N-dealkylation sites (tertiary alicyclic amines) is 1. The third kappa shape index (κ3) is 4.38. The molecule has 0 aromatic heterocycles. The summed E-state index contributed by atoms with van der Waals surface area (Å²) in [6.45, 7) is 2.96. The summed E-state index contributed by atoms with van der Waals surface area (Å²) in [5.41, 5.74) is -0.0841. The van der Waals surface area contributed by atoms with Gasteiger partial charge in [-0.3, -0.25) is 0 Å². The first-order valence-electron chi connectivity index (χ1n) is 6.77. The summed E-state index contributed by atoms with van der Waals surface area (Å²) in [6.07, 6.45) is -2.50. The van der Waals surface area contributed by atoms with Crippen LogP contribution in [0.1, 0.15) is 18.4 Å².